The van der Waals surface area contributed by atoms with Crippen LogP contribution in [0.3, 0.4) is 0 Å². The topological polar surface area (TPSA) is 102 Å². The van der Waals surface area contributed by atoms with Gasteiger partial charge in [-0.05, 0) is 62.3 Å². The molecule has 3 rings (SSSR count). The molecule has 1 saturated carbocycles. The van der Waals surface area contributed by atoms with E-state index in [0.717, 1.165) is 37.8 Å². The van der Waals surface area contributed by atoms with Crippen molar-refractivity contribution >= 4 is 23.4 Å². The highest BCUT2D eigenvalue weighted by molar-refractivity contribution is 5.80. The summed E-state index contributed by atoms with van der Waals surface area (Å²) in [4.78, 5) is 28.3. The third kappa shape index (κ3) is 5.12. The van der Waals surface area contributed by atoms with Crippen LogP contribution in [0.15, 0.2) is 29.1 Å². The average molecular weight is 383 g/mol. The molecular formula is C21H29N5O2. The normalized spacial score (nSPS) is 13.4. The second kappa shape index (κ2) is 8.91. The van der Waals surface area contributed by atoms with Gasteiger partial charge < -0.3 is 16.4 Å². The fraction of sp³-hybridized carbons (Fsp3) is 0.476. The monoisotopic (exact) mass is 383 g/mol. The zero-order valence-electron chi connectivity index (χ0n) is 16.6. The number of unbranched alkanes of at least 4 members (excludes halogenated alkanes) is 1. The molecule has 1 aromatic heterocycles. The summed E-state index contributed by atoms with van der Waals surface area (Å²) in [6, 6.07) is 7.55. The van der Waals surface area contributed by atoms with Gasteiger partial charge in [0.2, 0.25) is 11.9 Å². The molecule has 7 heteroatoms. The minimum absolute atomic E-state index is 0.149. The van der Waals surface area contributed by atoms with E-state index in [1.807, 2.05) is 12.1 Å². The lowest BCUT2D eigenvalue weighted by Crippen LogP contribution is -2.27. The molecule has 1 amide bonds. The summed E-state index contributed by atoms with van der Waals surface area (Å²) in [5.74, 6) is 1.02. The van der Waals surface area contributed by atoms with Crippen molar-refractivity contribution in [1.29, 1.82) is 0 Å². The molecule has 7 nitrogen and oxygen atoms in total. The van der Waals surface area contributed by atoms with Crippen molar-refractivity contribution in [3.05, 3.63) is 45.7 Å². The van der Waals surface area contributed by atoms with E-state index in [9.17, 15) is 9.59 Å². The number of carbonyl (C=O) groups is 1. The number of anilines is 3. The first-order valence-corrected chi connectivity index (χ1v) is 9.99. The molecule has 0 atom stereocenters. The van der Waals surface area contributed by atoms with E-state index >= 15 is 0 Å². The number of rotatable bonds is 9. The first-order valence-electron chi connectivity index (χ1n) is 9.99. The van der Waals surface area contributed by atoms with Crippen LogP contribution in [0.1, 0.15) is 43.7 Å². The highest BCUT2D eigenvalue weighted by Crippen LogP contribution is 2.28. The minimum atomic E-state index is -0.181. The van der Waals surface area contributed by atoms with Crippen LogP contribution in [0.2, 0.25) is 0 Å². The summed E-state index contributed by atoms with van der Waals surface area (Å²) >= 11 is 0. The molecule has 0 bridgehead atoms. The smallest absolute Gasteiger partial charge is 0.256 e. The van der Waals surface area contributed by atoms with Crippen molar-refractivity contribution in [1.82, 2.24) is 14.9 Å². The van der Waals surface area contributed by atoms with E-state index in [2.05, 4.69) is 35.5 Å². The van der Waals surface area contributed by atoms with Crippen molar-refractivity contribution < 1.29 is 4.79 Å². The molecular weight excluding hydrogens is 354 g/mol. The number of aromatic nitrogens is 2. The first kappa shape index (κ1) is 19.9. The zero-order valence-corrected chi connectivity index (χ0v) is 16.6. The summed E-state index contributed by atoms with van der Waals surface area (Å²) < 4.78 is 1.47. The van der Waals surface area contributed by atoms with Crippen LogP contribution in [0, 0.1) is 12.8 Å². The molecule has 0 unspecified atom stereocenters. The molecule has 1 fully saturated rings. The number of hydrogen-bond donors (Lipinski definition) is 3. The van der Waals surface area contributed by atoms with Gasteiger partial charge in [-0.15, -0.1) is 0 Å². The number of carbonyl (C=O) groups excluding carboxylic acids is 1. The number of nitrogen functional groups attached to an aromatic ring is 1. The number of aryl methyl sites for hydroxylation is 2. The number of nitrogens with one attached hydrogen (secondary N) is 2. The predicted molar refractivity (Wildman–Crippen MR) is 112 cm³/mol. The van der Waals surface area contributed by atoms with Gasteiger partial charge in [0.15, 0.2) is 0 Å². The maximum atomic E-state index is 12.4. The summed E-state index contributed by atoms with van der Waals surface area (Å²) in [5, 5.41) is 6.09. The fourth-order valence-corrected chi connectivity index (χ4v) is 3.19. The molecule has 1 aromatic carbocycles. The largest absolute Gasteiger partial charge is 0.369 e. The Morgan fingerprint density at radius 2 is 2.07 bits per heavy atom. The Labute approximate surface area is 165 Å². The van der Waals surface area contributed by atoms with E-state index < -0.39 is 0 Å². The Bertz CT molecular complexity index is 902. The summed E-state index contributed by atoms with van der Waals surface area (Å²) in [6.45, 7) is 5.31. The van der Waals surface area contributed by atoms with Gasteiger partial charge in [0.25, 0.3) is 5.56 Å². The van der Waals surface area contributed by atoms with Gasteiger partial charge in [-0.1, -0.05) is 13.0 Å². The number of nitrogens with zero attached hydrogens (tertiary/aromatic N) is 2. The number of hydrogen-bond acceptors (Lipinski definition) is 5. The molecule has 0 radical (unpaired) electrons. The zero-order chi connectivity index (χ0) is 20.1. The van der Waals surface area contributed by atoms with Crippen LogP contribution in [0.4, 0.5) is 17.5 Å². The lowest BCUT2D eigenvalue weighted by Gasteiger charge is -2.13. The van der Waals surface area contributed by atoms with Crippen molar-refractivity contribution in [2.45, 2.75) is 52.5 Å². The molecule has 4 N–H and O–H groups in total. The SMILES string of the molecule is CCc1cc(Nc2cc(=O)n(CCCCNC(=O)C3CC3)c(N)n2)ccc1C. The van der Waals surface area contributed by atoms with Gasteiger partial charge >= 0.3 is 0 Å². The van der Waals surface area contributed by atoms with Crippen molar-refractivity contribution in [3.8, 4) is 0 Å². The van der Waals surface area contributed by atoms with Gasteiger partial charge in [-0.25, -0.2) is 0 Å². The van der Waals surface area contributed by atoms with Crippen LogP contribution >= 0.6 is 0 Å². The highest BCUT2D eigenvalue weighted by atomic mass is 16.2. The quantitative estimate of drug-likeness (QED) is 0.578. The first-order chi connectivity index (χ1) is 13.5. The van der Waals surface area contributed by atoms with Gasteiger partial charge in [-0.3, -0.25) is 14.2 Å². The van der Waals surface area contributed by atoms with Crippen molar-refractivity contribution in [2.24, 2.45) is 5.92 Å². The average Bonchev–Trinajstić information content (AvgIpc) is 3.50. The maximum absolute atomic E-state index is 12.4. The van der Waals surface area contributed by atoms with E-state index in [-0.39, 0.29) is 23.3 Å². The molecule has 150 valence electrons. The Balaban J connectivity index is 1.56. The third-order valence-corrected chi connectivity index (χ3v) is 5.10. The molecule has 1 aliphatic carbocycles. The third-order valence-electron chi connectivity index (χ3n) is 5.10. The highest BCUT2D eigenvalue weighted by Gasteiger charge is 2.28. The van der Waals surface area contributed by atoms with E-state index in [4.69, 9.17) is 5.73 Å². The molecule has 0 spiro atoms. The van der Waals surface area contributed by atoms with E-state index in [1.54, 1.807) is 0 Å². The van der Waals surface area contributed by atoms with Crippen LogP contribution in [-0.2, 0) is 17.8 Å². The predicted octanol–water partition coefficient (Wildman–Crippen LogP) is 2.75. The molecule has 1 aliphatic rings. The van der Waals surface area contributed by atoms with Crippen molar-refractivity contribution in [2.75, 3.05) is 17.6 Å². The van der Waals surface area contributed by atoms with Gasteiger partial charge in [0.05, 0.1) is 0 Å². The van der Waals surface area contributed by atoms with Crippen LogP contribution in [0.25, 0.3) is 0 Å². The summed E-state index contributed by atoms with van der Waals surface area (Å²) in [6.07, 6.45) is 4.51. The number of amides is 1. The molecule has 0 saturated heterocycles. The number of nitrogens with two attached hydrogens (primary N) is 1. The second-order valence-electron chi connectivity index (χ2n) is 7.38. The molecule has 28 heavy (non-hydrogen) atoms. The van der Waals surface area contributed by atoms with Crippen molar-refractivity contribution in [3.63, 3.8) is 0 Å². The minimum Gasteiger partial charge on any atom is -0.369 e. The molecule has 1 heterocycles. The van der Waals surface area contributed by atoms with Gasteiger partial charge in [0, 0.05) is 30.8 Å². The van der Waals surface area contributed by atoms with E-state index in [0.29, 0.717) is 18.9 Å². The van der Waals surface area contributed by atoms with Crippen LogP contribution < -0.4 is 21.9 Å². The summed E-state index contributed by atoms with van der Waals surface area (Å²) in [5.41, 5.74) is 9.21. The Morgan fingerprint density at radius 3 is 2.75 bits per heavy atom. The Hall–Kier alpha value is -2.83. The van der Waals surface area contributed by atoms with Gasteiger partial charge in [-0.2, -0.15) is 4.98 Å². The lowest BCUT2D eigenvalue weighted by atomic mass is 10.1. The molecule has 0 aliphatic heterocycles. The maximum Gasteiger partial charge on any atom is 0.256 e. The standard InChI is InChI=1S/C21H29N5O2/c1-3-15-12-17(9-6-14(15)2)24-18-13-19(27)26(21(22)25-18)11-5-4-10-23-20(28)16-7-8-16/h6,9,12-13,16,24H,3-5,7-8,10-11H2,1-2H3,(H2,22,25)(H,23,28). The van der Waals surface area contributed by atoms with Gasteiger partial charge in [0.1, 0.15) is 5.82 Å². The lowest BCUT2D eigenvalue weighted by molar-refractivity contribution is -0.122. The fourth-order valence-electron chi connectivity index (χ4n) is 3.19. The van der Waals surface area contributed by atoms with Crippen LogP contribution in [0.5, 0.6) is 0 Å². The number of benzene rings is 1. The Morgan fingerprint density at radius 1 is 1.29 bits per heavy atom. The second-order valence-corrected chi connectivity index (χ2v) is 7.38. The van der Waals surface area contributed by atoms with Crippen LogP contribution in [-0.4, -0.2) is 22.0 Å². The summed E-state index contributed by atoms with van der Waals surface area (Å²) in [7, 11) is 0. The van der Waals surface area contributed by atoms with E-state index in [1.165, 1.54) is 21.8 Å². The Kier molecular flexibility index (Phi) is 6.34. The molecule has 2 aromatic rings.